The van der Waals surface area contributed by atoms with Crippen LogP contribution in [0.25, 0.3) is 0 Å². The molecule has 138 valence electrons. The van der Waals surface area contributed by atoms with Crippen molar-refractivity contribution in [3.8, 4) is 0 Å². The Morgan fingerprint density at radius 3 is 2.69 bits per heavy atom. The molecule has 4 rings (SSSR count). The fraction of sp³-hybridized carbons (Fsp3) is 0.474. The van der Waals surface area contributed by atoms with Gasteiger partial charge in [-0.05, 0) is 43.5 Å². The zero-order chi connectivity index (χ0) is 18.1. The van der Waals surface area contributed by atoms with Crippen LogP contribution in [0.5, 0.6) is 0 Å². The molecular weight excluding hydrogens is 337 g/mol. The Morgan fingerprint density at radius 1 is 1.31 bits per heavy atom. The van der Waals surface area contributed by atoms with Crippen LogP contribution in [0.2, 0.25) is 0 Å². The van der Waals surface area contributed by atoms with Gasteiger partial charge in [0.25, 0.3) is 5.91 Å². The summed E-state index contributed by atoms with van der Waals surface area (Å²) in [6, 6.07) is 6.78. The van der Waals surface area contributed by atoms with Crippen LogP contribution in [0.4, 0.5) is 10.1 Å². The van der Waals surface area contributed by atoms with Crippen LogP contribution in [-0.2, 0) is 4.74 Å². The van der Waals surface area contributed by atoms with E-state index in [0.29, 0.717) is 19.7 Å². The van der Waals surface area contributed by atoms with Crippen molar-refractivity contribution < 1.29 is 18.3 Å². The number of anilines is 1. The maximum atomic E-state index is 13.1. The van der Waals surface area contributed by atoms with Crippen LogP contribution in [0.15, 0.2) is 41.3 Å². The van der Waals surface area contributed by atoms with E-state index in [9.17, 15) is 9.18 Å². The number of rotatable bonds is 3. The number of amides is 1. The number of ether oxygens (including phenoxy) is 1. The lowest BCUT2D eigenvalue weighted by molar-refractivity contribution is -0.0392. The molecule has 0 radical (unpaired) electrons. The average Bonchev–Trinajstić information content (AvgIpc) is 3.33. The fourth-order valence-corrected chi connectivity index (χ4v) is 3.90. The summed E-state index contributed by atoms with van der Waals surface area (Å²) in [4.78, 5) is 20.1. The SMILES string of the molecule is CN(c1ccc(F)cc1)[C@@H]1COC2(CCN(C(=O)c3cnco3)CC2)C1. The van der Waals surface area contributed by atoms with Crippen molar-refractivity contribution in [3.05, 3.63) is 48.4 Å². The number of carbonyl (C=O) groups is 1. The summed E-state index contributed by atoms with van der Waals surface area (Å²) in [6.07, 6.45) is 5.24. The first-order chi connectivity index (χ1) is 12.6. The quantitative estimate of drug-likeness (QED) is 0.843. The van der Waals surface area contributed by atoms with Crippen molar-refractivity contribution in [2.45, 2.75) is 30.9 Å². The van der Waals surface area contributed by atoms with E-state index in [1.807, 2.05) is 7.05 Å². The molecule has 0 bridgehead atoms. The molecule has 7 heteroatoms. The van der Waals surface area contributed by atoms with Gasteiger partial charge in [0.15, 0.2) is 6.39 Å². The number of likely N-dealkylation sites (N-methyl/N-ethyl adjacent to an activating group) is 1. The highest BCUT2D eigenvalue weighted by atomic mass is 19.1. The summed E-state index contributed by atoms with van der Waals surface area (Å²) in [6.45, 7) is 1.93. The second-order valence-electron chi connectivity index (χ2n) is 7.10. The lowest BCUT2D eigenvalue weighted by Crippen LogP contribution is -2.47. The Morgan fingerprint density at radius 2 is 2.04 bits per heavy atom. The largest absolute Gasteiger partial charge is 0.438 e. The minimum Gasteiger partial charge on any atom is -0.438 e. The smallest absolute Gasteiger partial charge is 0.291 e. The number of benzene rings is 1. The summed E-state index contributed by atoms with van der Waals surface area (Å²) in [5.74, 6) is -0.0670. The van der Waals surface area contributed by atoms with Gasteiger partial charge in [-0.25, -0.2) is 9.37 Å². The fourth-order valence-electron chi connectivity index (χ4n) is 3.90. The van der Waals surface area contributed by atoms with Crippen LogP contribution < -0.4 is 4.90 Å². The van der Waals surface area contributed by atoms with Gasteiger partial charge in [-0.1, -0.05) is 0 Å². The third-order valence-corrected chi connectivity index (χ3v) is 5.58. The van der Waals surface area contributed by atoms with Crippen LogP contribution in [0.3, 0.4) is 0 Å². The van der Waals surface area contributed by atoms with Crippen molar-refractivity contribution in [2.24, 2.45) is 0 Å². The third-order valence-electron chi connectivity index (χ3n) is 5.58. The van der Waals surface area contributed by atoms with Gasteiger partial charge < -0.3 is 19.0 Å². The Labute approximate surface area is 151 Å². The number of oxazole rings is 1. The summed E-state index contributed by atoms with van der Waals surface area (Å²) in [5.41, 5.74) is 0.798. The molecular formula is C19H22FN3O3. The van der Waals surface area contributed by atoms with E-state index in [1.165, 1.54) is 24.7 Å². The Kier molecular flexibility index (Phi) is 4.40. The molecule has 0 N–H and O–H groups in total. The number of piperidine rings is 1. The molecule has 2 saturated heterocycles. The monoisotopic (exact) mass is 359 g/mol. The summed E-state index contributed by atoms with van der Waals surface area (Å²) in [7, 11) is 2.02. The van der Waals surface area contributed by atoms with Gasteiger partial charge in [0.2, 0.25) is 5.76 Å². The second-order valence-corrected chi connectivity index (χ2v) is 7.10. The predicted molar refractivity (Wildman–Crippen MR) is 93.5 cm³/mol. The number of nitrogens with zero attached hydrogens (tertiary/aromatic N) is 3. The molecule has 2 aliphatic rings. The highest BCUT2D eigenvalue weighted by Crippen LogP contribution is 2.38. The van der Waals surface area contributed by atoms with E-state index in [2.05, 4.69) is 9.88 Å². The second kappa shape index (κ2) is 6.72. The first-order valence-corrected chi connectivity index (χ1v) is 8.86. The van der Waals surface area contributed by atoms with E-state index < -0.39 is 0 Å². The topological polar surface area (TPSA) is 58.8 Å². The molecule has 2 aliphatic heterocycles. The van der Waals surface area contributed by atoms with E-state index >= 15 is 0 Å². The Hall–Kier alpha value is -2.41. The molecule has 3 heterocycles. The molecule has 2 aromatic rings. The molecule has 1 amide bonds. The van der Waals surface area contributed by atoms with E-state index in [0.717, 1.165) is 24.9 Å². The van der Waals surface area contributed by atoms with Gasteiger partial charge in [0, 0.05) is 25.8 Å². The molecule has 1 aromatic carbocycles. The Balaban J connectivity index is 1.36. The van der Waals surface area contributed by atoms with Crippen molar-refractivity contribution in [1.82, 2.24) is 9.88 Å². The molecule has 0 saturated carbocycles. The number of halogens is 1. The summed E-state index contributed by atoms with van der Waals surface area (Å²) >= 11 is 0. The maximum Gasteiger partial charge on any atom is 0.291 e. The van der Waals surface area contributed by atoms with E-state index in [1.54, 1.807) is 17.0 Å². The van der Waals surface area contributed by atoms with Crippen LogP contribution in [0, 0.1) is 5.82 Å². The number of hydrogen-bond acceptors (Lipinski definition) is 5. The molecule has 0 unspecified atom stereocenters. The number of carbonyl (C=O) groups excluding carboxylic acids is 1. The average molecular weight is 359 g/mol. The highest BCUT2D eigenvalue weighted by molar-refractivity contribution is 5.91. The molecule has 2 fully saturated rings. The van der Waals surface area contributed by atoms with Crippen molar-refractivity contribution >= 4 is 11.6 Å². The van der Waals surface area contributed by atoms with Crippen LogP contribution in [-0.4, -0.2) is 54.2 Å². The highest BCUT2D eigenvalue weighted by Gasteiger charge is 2.44. The molecule has 1 aromatic heterocycles. The predicted octanol–water partition coefficient (Wildman–Crippen LogP) is 2.71. The first kappa shape index (κ1) is 17.0. The van der Waals surface area contributed by atoms with E-state index in [-0.39, 0.29) is 29.1 Å². The number of hydrogen-bond donors (Lipinski definition) is 0. The minimum absolute atomic E-state index is 0.115. The van der Waals surface area contributed by atoms with Gasteiger partial charge in [-0.15, -0.1) is 0 Å². The Bertz CT molecular complexity index is 755. The lowest BCUT2D eigenvalue weighted by Gasteiger charge is -2.38. The molecule has 1 atom stereocenters. The number of aromatic nitrogens is 1. The van der Waals surface area contributed by atoms with Gasteiger partial charge in [-0.2, -0.15) is 0 Å². The van der Waals surface area contributed by atoms with Crippen LogP contribution >= 0.6 is 0 Å². The van der Waals surface area contributed by atoms with Gasteiger partial charge in [0.05, 0.1) is 24.4 Å². The zero-order valence-corrected chi connectivity index (χ0v) is 14.7. The summed E-state index contributed by atoms with van der Waals surface area (Å²) in [5, 5.41) is 0. The summed E-state index contributed by atoms with van der Waals surface area (Å²) < 4.78 is 24.4. The van der Waals surface area contributed by atoms with Gasteiger partial charge >= 0.3 is 0 Å². The lowest BCUT2D eigenvalue weighted by atomic mass is 9.87. The van der Waals surface area contributed by atoms with Crippen LogP contribution in [0.1, 0.15) is 29.8 Å². The zero-order valence-electron chi connectivity index (χ0n) is 14.7. The van der Waals surface area contributed by atoms with Crippen molar-refractivity contribution in [1.29, 1.82) is 0 Å². The normalized spacial score (nSPS) is 21.9. The number of likely N-dealkylation sites (tertiary alicyclic amines) is 1. The first-order valence-electron chi connectivity index (χ1n) is 8.86. The molecule has 6 nitrogen and oxygen atoms in total. The molecule has 26 heavy (non-hydrogen) atoms. The standard InChI is InChI=1S/C19H22FN3O3/c1-22(15-4-2-14(20)3-5-15)16-10-19(26-12-16)6-8-23(9-7-19)18(24)17-11-21-13-25-17/h2-5,11,13,16H,6-10,12H2,1H3/t16-/m0/s1. The minimum atomic E-state index is -0.231. The maximum absolute atomic E-state index is 13.1. The van der Waals surface area contributed by atoms with Crippen molar-refractivity contribution in [3.63, 3.8) is 0 Å². The van der Waals surface area contributed by atoms with Gasteiger partial charge in [-0.3, -0.25) is 4.79 Å². The molecule has 1 spiro atoms. The molecule has 0 aliphatic carbocycles. The third kappa shape index (κ3) is 3.19. The van der Waals surface area contributed by atoms with Gasteiger partial charge in [0.1, 0.15) is 5.82 Å². The van der Waals surface area contributed by atoms with E-state index in [4.69, 9.17) is 9.15 Å². The van der Waals surface area contributed by atoms with Crippen molar-refractivity contribution in [2.75, 3.05) is 31.6 Å².